The minimum atomic E-state index is -0.142. The third-order valence-electron chi connectivity index (χ3n) is 5.26. The fourth-order valence-electron chi connectivity index (χ4n) is 3.50. The summed E-state index contributed by atoms with van der Waals surface area (Å²) in [6.45, 7) is 7.13. The molecule has 2 rings (SSSR count). The van der Waals surface area contributed by atoms with E-state index >= 15 is 0 Å². The Hall–Kier alpha value is -1.38. The smallest absolute Gasteiger partial charge is 0.220 e. The van der Waals surface area contributed by atoms with Gasteiger partial charge in [-0.25, -0.2) is 0 Å². The number of hydrogen-bond acceptors (Lipinski definition) is 5. The third-order valence-corrected chi connectivity index (χ3v) is 5.26. The number of likely N-dealkylation sites (tertiary alicyclic amines) is 1. The van der Waals surface area contributed by atoms with Gasteiger partial charge >= 0.3 is 0 Å². The molecule has 27 heavy (non-hydrogen) atoms. The molecule has 2 heterocycles. The van der Waals surface area contributed by atoms with Crippen LogP contribution < -0.4 is 16.4 Å². The van der Waals surface area contributed by atoms with Crippen molar-refractivity contribution in [3.05, 3.63) is 0 Å². The van der Waals surface area contributed by atoms with Crippen LogP contribution in [0.3, 0.4) is 0 Å². The zero-order valence-electron chi connectivity index (χ0n) is 16.8. The summed E-state index contributed by atoms with van der Waals surface area (Å²) >= 11 is 0. The zero-order chi connectivity index (χ0) is 19.3. The predicted molar refractivity (Wildman–Crippen MR) is 107 cm³/mol. The molecule has 156 valence electrons. The summed E-state index contributed by atoms with van der Waals surface area (Å²) < 4.78 is 11.0. The largest absolute Gasteiger partial charge is 0.379 e. The molecule has 1 unspecified atom stereocenters. The molecule has 0 bridgehead atoms. The Balaban J connectivity index is 1.42. The lowest BCUT2D eigenvalue weighted by atomic mass is 9.96. The van der Waals surface area contributed by atoms with Gasteiger partial charge < -0.3 is 30.7 Å². The molecule has 2 aliphatic heterocycles. The summed E-state index contributed by atoms with van der Waals surface area (Å²) in [5, 5.41) is 6.68. The molecule has 1 amide bonds. The number of piperidine rings is 1. The standard InChI is InChI=1S/C19H37N5O3/c1-21-19(23-9-4-13-27-17-7-14-26-15-17)22-8-2-3-10-24-11-5-16(6-12-24)18(20)25/h16-17H,2-15H2,1H3,(H2,20,25)(H2,21,22,23). The van der Waals surface area contributed by atoms with E-state index in [9.17, 15) is 4.79 Å². The van der Waals surface area contributed by atoms with Gasteiger partial charge in [-0.2, -0.15) is 0 Å². The minimum absolute atomic E-state index is 0.0780. The fourth-order valence-corrected chi connectivity index (χ4v) is 3.50. The van der Waals surface area contributed by atoms with E-state index < -0.39 is 0 Å². The molecule has 4 N–H and O–H groups in total. The van der Waals surface area contributed by atoms with Crippen LogP contribution in [0.4, 0.5) is 0 Å². The average molecular weight is 384 g/mol. The summed E-state index contributed by atoms with van der Waals surface area (Å²) in [7, 11) is 1.80. The Bertz CT molecular complexity index is 447. The van der Waals surface area contributed by atoms with E-state index in [0.29, 0.717) is 0 Å². The molecule has 0 aromatic rings. The van der Waals surface area contributed by atoms with E-state index in [-0.39, 0.29) is 17.9 Å². The van der Waals surface area contributed by atoms with Gasteiger partial charge in [0.25, 0.3) is 0 Å². The first-order chi connectivity index (χ1) is 13.2. The molecule has 0 aromatic heterocycles. The van der Waals surface area contributed by atoms with Gasteiger partial charge in [0.05, 0.1) is 12.7 Å². The number of aliphatic imine (C=N–C) groups is 1. The molecule has 2 fully saturated rings. The number of primary amides is 1. The van der Waals surface area contributed by atoms with E-state index in [4.69, 9.17) is 15.2 Å². The van der Waals surface area contributed by atoms with Gasteiger partial charge in [0, 0.05) is 39.3 Å². The highest BCUT2D eigenvalue weighted by atomic mass is 16.5. The van der Waals surface area contributed by atoms with Crippen molar-refractivity contribution in [1.82, 2.24) is 15.5 Å². The Morgan fingerprint density at radius 1 is 1.19 bits per heavy atom. The molecule has 0 spiro atoms. The van der Waals surface area contributed by atoms with E-state index in [1.807, 2.05) is 0 Å². The second-order valence-electron chi connectivity index (χ2n) is 7.36. The highest BCUT2D eigenvalue weighted by molar-refractivity contribution is 5.79. The summed E-state index contributed by atoms with van der Waals surface area (Å²) in [4.78, 5) is 17.9. The molecule has 2 aliphatic rings. The number of nitrogens with zero attached hydrogens (tertiary/aromatic N) is 2. The number of carbonyl (C=O) groups is 1. The number of nitrogens with two attached hydrogens (primary N) is 1. The molecule has 0 aromatic carbocycles. The van der Waals surface area contributed by atoms with E-state index in [1.54, 1.807) is 7.05 Å². The Morgan fingerprint density at radius 2 is 1.93 bits per heavy atom. The lowest BCUT2D eigenvalue weighted by Crippen LogP contribution is -2.40. The van der Waals surface area contributed by atoms with Crippen LogP contribution in [0.1, 0.15) is 38.5 Å². The highest BCUT2D eigenvalue weighted by Crippen LogP contribution is 2.16. The number of guanidine groups is 1. The maximum absolute atomic E-state index is 11.2. The SMILES string of the molecule is CN=C(NCCCCN1CCC(C(N)=O)CC1)NCCCOC1CCOC1. The van der Waals surface area contributed by atoms with Crippen LogP contribution in [0, 0.1) is 5.92 Å². The first-order valence-corrected chi connectivity index (χ1v) is 10.3. The third kappa shape index (κ3) is 8.90. The molecule has 8 nitrogen and oxygen atoms in total. The Kier molecular flexibility index (Phi) is 10.5. The van der Waals surface area contributed by atoms with Crippen molar-refractivity contribution in [3.8, 4) is 0 Å². The highest BCUT2D eigenvalue weighted by Gasteiger charge is 2.22. The first kappa shape index (κ1) is 21.9. The van der Waals surface area contributed by atoms with Crippen LogP contribution in [0.15, 0.2) is 4.99 Å². The number of nitrogens with one attached hydrogen (secondary N) is 2. The van der Waals surface area contributed by atoms with Crippen molar-refractivity contribution < 1.29 is 14.3 Å². The first-order valence-electron chi connectivity index (χ1n) is 10.3. The molecule has 2 saturated heterocycles. The molecule has 8 heteroatoms. The number of rotatable bonds is 11. The monoisotopic (exact) mass is 383 g/mol. The quantitative estimate of drug-likeness (QED) is 0.270. The van der Waals surface area contributed by atoms with Crippen molar-refractivity contribution in [2.24, 2.45) is 16.6 Å². The summed E-state index contributed by atoms with van der Waals surface area (Å²) in [5.74, 6) is 0.785. The van der Waals surface area contributed by atoms with E-state index in [1.165, 1.54) is 0 Å². The topological polar surface area (TPSA) is 101 Å². The summed E-state index contributed by atoms with van der Waals surface area (Å²) in [6.07, 6.45) is 6.30. The van der Waals surface area contributed by atoms with Crippen molar-refractivity contribution in [3.63, 3.8) is 0 Å². The predicted octanol–water partition coefficient (Wildman–Crippen LogP) is 0.325. The number of unbranched alkanes of at least 4 members (excludes halogenated alkanes) is 1. The minimum Gasteiger partial charge on any atom is -0.379 e. The number of amides is 1. The van der Waals surface area contributed by atoms with Gasteiger partial charge in [-0.05, 0) is 58.2 Å². The molecular formula is C19H37N5O3. The number of carbonyl (C=O) groups excluding carboxylic acids is 1. The van der Waals surface area contributed by atoms with Crippen molar-refractivity contribution in [2.45, 2.75) is 44.6 Å². The van der Waals surface area contributed by atoms with Crippen molar-refractivity contribution in [1.29, 1.82) is 0 Å². The molecule has 0 saturated carbocycles. The number of ether oxygens (including phenoxy) is 2. The maximum Gasteiger partial charge on any atom is 0.220 e. The molecular weight excluding hydrogens is 346 g/mol. The zero-order valence-corrected chi connectivity index (χ0v) is 16.8. The van der Waals surface area contributed by atoms with Gasteiger partial charge in [-0.15, -0.1) is 0 Å². The van der Waals surface area contributed by atoms with Gasteiger partial charge in [0.15, 0.2) is 5.96 Å². The summed E-state index contributed by atoms with van der Waals surface area (Å²) in [6, 6.07) is 0. The van der Waals surface area contributed by atoms with Crippen LogP contribution in [0.5, 0.6) is 0 Å². The molecule has 0 aliphatic carbocycles. The van der Waals surface area contributed by atoms with Crippen LogP contribution in [-0.2, 0) is 14.3 Å². The summed E-state index contributed by atoms with van der Waals surface area (Å²) in [5.41, 5.74) is 5.38. The molecule has 1 atom stereocenters. The maximum atomic E-state index is 11.2. The van der Waals surface area contributed by atoms with Crippen LogP contribution in [0.2, 0.25) is 0 Å². The normalized spacial score (nSPS) is 22.1. The lowest BCUT2D eigenvalue weighted by Gasteiger charge is -2.30. The van der Waals surface area contributed by atoms with E-state index in [2.05, 4.69) is 20.5 Å². The van der Waals surface area contributed by atoms with Crippen LogP contribution in [-0.4, -0.2) is 82.5 Å². The van der Waals surface area contributed by atoms with E-state index in [0.717, 1.165) is 97.0 Å². The second kappa shape index (κ2) is 12.9. The van der Waals surface area contributed by atoms with Gasteiger partial charge in [0.2, 0.25) is 5.91 Å². The van der Waals surface area contributed by atoms with Crippen molar-refractivity contribution in [2.75, 3.05) is 59.6 Å². The van der Waals surface area contributed by atoms with Crippen LogP contribution >= 0.6 is 0 Å². The molecule has 0 radical (unpaired) electrons. The second-order valence-corrected chi connectivity index (χ2v) is 7.36. The van der Waals surface area contributed by atoms with Gasteiger partial charge in [-0.1, -0.05) is 0 Å². The van der Waals surface area contributed by atoms with Crippen LogP contribution in [0.25, 0.3) is 0 Å². The fraction of sp³-hybridized carbons (Fsp3) is 0.895. The van der Waals surface area contributed by atoms with Crippen molar-refractivity contribution >= 4 is 11.9 Å². The number of hydrogen-bond donors (Lipinski definition) is 3. The average Bonchev–Trinajstić information content (AvgIpc) is 3.19. The van der Waals surface area contributed by atoms with Gasteiger partial charge in [-0.3, -0.25) is 9.79 Å². The van der Waals surface area contributed by atoms with Gasteiger partial charge in [0.1, 0.15) is 0 Å². The lowest BCUT2D eigenvalue weighted by molar-refractivity contribution is -0.123. The Labute approximate surface area is 163 Å². The Morgan fingerprint density at radius 3 is 2.56 bits per heavy atom.